The van der Waals surface area contributed by atoms with Crippen molar-refractivity contribution in [3.8, 4) is 16.3 Å². The van der Waals surface area contributed by atoms with E-state index in [-0.39, 0.29) is 0 Å². The summed E-state index contributed by atoms with van der Waals surface area (Å²) in [6, 6.07) is 18.2. The first kappa shape index (κ1) is 17.9. The van der Waals surface area contributed by atoms with Gasteiger partial charge in [-0.2, -0.15) is 0 Å². The molecule has 0 aliphatic heterocycles. The molecule has 0 fully saturated rings. The molecule has 0 atom stereocenters. The van der Waals surface area contributed by atoms with E-state index in [1.807, 2.05) is 42.5 Å². The van der Waals surface area contributed by atoms with Crippen LogP contribution in [0.1, 0.15) is 11.3 Å². The quantitative estimate of drug-likeness (QED) is 0.516. The van der Waals surface area contributed by atoms with Crippen molar-refractivity contribution in [1.82, 2.24) is 15.6 Å². The number of aliphatic imine (C=N–C) groups is 1. The number of para-hydroxylation sites is 1. The summed E-state index contributed by atoms with van der Waals surface area (Å²) >= 11 is 1.65. The minimum Gasteiger partial charge on any atom is -0.496 e. The maximum absolute atomic E-state index is 5.38. The minimum atomic E-state index is 0.620. The number of nitrogens with zero attached hydrogens (tertiary/aromatic N) is 2. The number of thiazole rings is 1. The third kappa shape index (κ3) is 4.61. The van der Waals surface area contributed by atoms with Crippen molar-refractivity contribution in [2.24, 2.45) is 4.99 Å². The van der Waals surface area contributed by atoms with E-state index in [0.717, 1.165) is 33.5 Å². The number of aromatic nitrogens is 1. The van der Waals surface area contributed by atoms with E-state index in [1.165, 1.54) is 0 Å². The van der Waals surface area contributed by atoms with E-state index in [9.17, 15) is 0 Å². The van der Waals surface area contributed by atoms with Gasteiger partial charge in [0.05, 0.1) is 19.3 Å². The molecule has 0 amide bonds. The monoisotopic (exact) mass is 366 g/mol. The summed E-state index contributed by atoms with van der Waals surface area (Å²) < 4.78 is 5.38. The van der Waals surface area contributed by atoms with Crippen LogP contribution in [0.5, 0.6) is 5.75 Å². The largest absolute Gasteiger partial charge is 0.496 e. The van der Waals surface area contributed by atoms with Crippen LogP contribution in [0.25, 0.3) is 10.6 Å². The first-order valence-electron chi connectivity index (χ1n) is 8.36. The molecule has 0 aliphatic carbocycles. The van der Waals surface area contributed by atoms with Gasteiger partial charge < -0.3 is 15.4 Å². The molecule has 3 aromatic rings. The molecule has 3 rings (SSSR count). The van der Waals surface area contributed by atoms with E-state index in [1.54, 1.807) is 25.5 Å². The highest BCUT2D eigenvalue weighted by atomic mass is 32.1. The smallest absolute Gasteiger partial charge is 0.191 e. The minimum absolute atomic E-state index is 0.620. The number of ether oxygens (including phenoxy) is 1. The molecule has 134 valence electrons. The lowest BCUT2D eigenvalue weighted by atomic mass is 10.2. The summed E-state index contributed by atoms with van der Waals surface area (Å²) in [6.45, 7) is 1.25. The van der Waals surface area contributed by atoms with Gasteiger partial charge in [0, 0.05) is 30.1 Å². The Labute approximate surface area is 157 Å². The van der Waals surface area contributed by atoms with Crippen molar-refractivity contribution in [3.63, 3.8) is 0 Å². The normalized spacial score (nSPS) is 11.2. The van der Waals surface area contributed by atoms with Gasteiger partial charge in [-0.1, -0.05) is 48.5 Å². The fourth-order valence-corrected chi connectivity index (χ4v) is 3.35. The van der Waals surface area contributed by atoms with E-state index in [2.05, 4.69) is 38.1 Å². The van der Waals surface area contributed by atoms with Crippen LogP contribution >= 0.6 is 11.3 Å². The summed E-state index contributed by atoms with van der Waals surface area (Å²) in [7, 11) is 3.44. The van der Waals surface area contributed by atoms with Crippen molar-refractivity contribution in [2.75, 3.05) is 14.2 Å². The van der Waals surface area contributed by atoms with Gasteiger partial charge in [-0.15, -0.1) is 11.3 Å². The maximum atomic E-state index is 5.38. The lowest BCUT2D eigenvalue weighted by Crippen LogP contribution is -2.36. The first-order chi connectivity index (χ1) is 12.8. The standard InChI is InChI=1S/C20H22N4OS/c1-21-20(22-12-16-10-6-7-11-18(16)25-2)23-13-17-14-26-19(24-17)15-8-4-3-5-9-15/h3-11,14H,12-13H2,1-2H3,(H2,21,22,23). The maximum Gasteiger partial charge on any atom is 0.191 e. The zero-order chi connectivity index (χ0) is 18.2. The second-order valence-corrected chi connectivity index (χ2v) is 6.46. The highest BCUT2D eigenvalue weighted by molar-refractivity contribution is 7.13. The Kier molecular flexibility index (Phi) is 6.22. The van der Waals surface area contributed by atoms with Gasteiger partial charge >= 0.3 is 0 Å². The lowest BCUT2D eigenvalue weighted by molar-refractivity contribution is 0.409. The Morgan fingerprint density at radius 3 is 2.54 bits per heavy atom. The third-order valence-corrected chi connectivity index (χ3v) is 4.81. The molecule has 0 aliphatic rings. The van der Waals surface area contributed by atoms with E-state index < -0.39 is 0 Å². The van der Waals surface area contributed by atoms with Crippen molar-refractivity contribution in [2.45, 2.75) is 13.1 Å². The summed E-state index contributed by atoms with van der Waals surface area (Å²) in [6.07, 6.45) is 0. The van der Waals surface area contributed by atoms with E-state index in [4.69, 9.17) is 4.74 Å². The summed E-state index contributed by atoms with van der Waals surface area (Å²) in [5.74, 6) is 1.59. The molecule has 1 aromatic heterocycles. The van der Waals surface area contributed by atoms with Crippen LogP contribution in [0.3, 0.4) is 0 Å². The SMILES string of the molecule is CN=C(NCc1csc(-c2ccccc2)n1)NCc1ccccc1OC. The number of rotatable bonds is 6. The van der Waals surface area contributed by atoms with Crippen molar-refractivity contribution < 1.29 is 4.74 Å². The lowest BCUT2D eigenvalue weighted by Gasteiger charge is -2.13. The molecule has 6 heteroatoms. The number of methoxy groups -OCH3 is 1. The molecule has 2 aromatic carbocycles. The van der Waals surface area contributed by atoms with Gasteiger partial charge in [0.15, 0.2) is 5.96 Å². The Bertz CT molecular complexity index is 861. The van der Waals surface area contributed by atoms with Crippen LogP contribution in [0.2, 0.25) is 0 Å². The zero-order valence-electron chi connectivity index (χ0n) is 14.9. The third-order valence-electron chi connectivity index (χ3n) is 3.87. The van der Waals surface area contributed by atoms with Gasteiger partial charge in [-0.3, -0.25) is 4.99 Å². The number of hydrogen-bond donors (Lipinski definition) is 2. The second kappa shape index (κ2) is 9.01. The van der Waals surface area contributed by atoms with Gasteiger partial charge in [0.1, 0.15) is 10.8 Å². The summed E-state index contributed by atoms with van der Waals surface area (Å²) in [5, 5.41) is 9.70. The molecule has 0 unspecified atom stereocenters. The molecule has 0 radical (unpaired) electrons. The Morgan fingerprint density at radius 1 is 1.04 bits per heavy atom. The fraction of sp³-hybridized carbons (Fsp3) is 0.200. The number of benzene rings is 2. The molecule has 2 N–H and O–H groups in total. The van der Waals surface area contributed by atoms with Crippen molar-refractivity contribution >= 4 is 17.3 Å². The molecule has 5 nitrogen and oxygen atoms in total. The molecule has 0 spiro atoms. The predicted molar refractivity (Wildman–Crippen MR) is 108 cm³/mol. The fourth-order valence-electron chi connectivity index (χ4n) is 2.52. The molecule has 1 heterocycles. The van der Waals surface area contributed by atoms with Crippen LogP contribution in [0, 0.1) is 0 Å². The Morgan fingerprint density at radius 2 is 1.77 bits per heavy atom. The van der Waals surface area contributed by atoms with Gasteiger partial charge in [0.25, 0.3) is 0 Å². The Balaban J connectivity index is 1.55. The van der Waals surface area contributed by atoms with Crippen LogP contribution in [-0.4, -0.2) is 25.1 Å². The molecular weight excluding hydrogens is 344 g/mol. The van der Waals surface area contributed by atoms with Gasteiger partial charge in [-0.25, -0.2) is 4.98 Å². The second-order valence-electron chi connectivity index (χ2n) is 5.60. The van der Waals surface area contributed by atoms with Crippen LogP contribution in [0.4, 0.5) is 0 Å². The Hall–Kier alpha value is -2.86. The van der Waals surface area contributed by atoms with Crippen molar-refractivity contribution in [3.05, 3.63) is 71.2 Å². The molecule has 0 saturated heterocycles. The van der Waals surface area contributed by atoms with Crippen molar-refractivity contribution in [1.29, 1.82) is 0 Å². The summed E-state index contributed by atoms with van der Waals surface area (Å²) in [5.41, 5.74) is 3.22. The average Bonchev–Trinajstić information content (AvgIpc) is 3.18. The molecule has 26 heavy (non-hydrogen) atoms. The predicted octanol–water partition coefficient (Wildman–Crippen LogP) is 3.68. The first-order valence-corrected chi connectivity index (χ1v) is 9.24. The highest BCUT2D eigenvalue weighted by Crippen LogP contribution is 2.23. The number of guanidine groups is 1. The topological polar surface area (TPSA) is 58.5 Å². The van der Waals surface area contributed by atoms with E-state index >= 15 is 0 Å². The summed E-state index contributed by atoms with van der Waals surface area (Å²) in [4.78, 5) is 8.95. The number of hydrogen-bond acceptors (Lipinski definition) is 4. The highest BCUT2D eigenvalue weighted by Gasteiger charge is 2.06. The number of nitrogens with one attached hydrogen (secondary N) is 2. The van der Waals surface area contributed by atoms with Gasteiger partial charge in [0.2, 0.25) is 0 Å². The average molecular weight is 366 g/mol. The zero-order valence-corrected chi connectivity index (χ0v) is 15.7. The molecular formula is C20H22N4OS. The van der Waals surface area contributed by atoms with Gasteiger partial charge in [-0.05, 0) is 6.07 Å². The van der Waals surface area contributed by atoms with Crippen LogP contribution < -0.4 is 15.4 Å². The molecule has 0 bridgehead atoms. The van der Waals surface area contributed by atoms with E-state index in [0.29, 0.717) is 13.1 Å². The van der Waals surface area contributed by atoms with Crippen LogP contribution in [0.15, 0.2) is 65.0 Å². The van der Waals surface area contributed by atoms with Crippen LogP contribution in [-0.2, 0) is 13.1 Å². The molecule has 0 saturated carbocycles.